The Morgan fingerprint density at radius 3 is 2.65 bits per heavy atom. The Labute approximate surface area is 122 Å². The highest BCUT2D eigenvalue weighted by Gasteiger charge is 2.12. The van der Waals surface area contributed by atoms with E-state index < -0.39 is 0 Å². The van der Waals surface area contributed by atoms with Crippen molar-refractivity contribution in [3.63, 3.8) is 0 Å². The summed E-state index contributed by atoms with van der Waals surface area (Å²) in [5, 5.41) is 7.58. The highest BCUT2D eigenvalue weighted by molar-refractivity contribution is 6.31. The van der Waals surface area contributed by atoms with Crippen molar-refractivity contribution in [2.24, 2.45) is 0 Å². The minimum atomic E-state index is -0.192. The van der Waals surface area contributed by atoms with E-state index in [1.165, 1.54) is 0 Å². The molecular weight excluding hydrogens is 276 g/mol. The molecule has 0 atom stereocenters. The zero-order chi connectivity index (χ0) is 14.9. The first-order chi connectivity index (χ1) is 9.38. The molecule has 2 aromatic rings. The van der Waals surface area contributed by atoms with E-state index in [-0.39, 0.29) is 12.5 Å². The minimum Gasteiger partial charge on any atom is -0.397 e. The summed E-state index contributed by atoms with van der Waals surface area (Å²) >= 11 is 6.05. The summed E-state index contributed by atoms with van der Waals surface area (Å²) in [5.74, 6) is -0.192. The Balaban J connectivity index is 2.11. The van der Waals surface area contributed by atoms with E-state index in [1.807, 2.05) is 32.9 Å². The van der Waals surface area contributed by atoms with Gasteiger partial charge in [-0.05, 0) is 38.5 Å². The number of nitrogen functional groups attached to an aromatic ring is 1. The van der Waals surface area contributed by atoms with E-state index in [1.54, 1.807) is 10.7 Å². The fraction of sp³-hybridized carbons (Fsp3) is 0.286. The summed E-state index contributed by atoms with van der Waals surface area (Å²) in [6.07, 6.45) is 0. The van der Waals surface area contributed by atoms with Gasteiger partial charge in [-0.15, -0.1) is 0 Å². The SMILES string of the molecule is Cc1ccc(NC(=O)Cn2nc(C)c(Cl)c2C)c(N)c1. The van der Waals surface area contributed by atoms with Crippen LogP contribution in [0.25, 0.3) is 0 Å². The Morgan fingerprint density at radius 1 is 1.40 bits per heavy atom. The van der Waals surface area contributed by atoms with E-state index in [2.05, 4.69) is 10.4 Å². The highest BCUT2D eigenvalue weighted by atomic mass is 35.5. The molecule has 1 amide bonds. The molecule has 0 aliphatic heterocycles. The smallest absolute Gasteiger partial charge is 0.246 e. The molecule has 0 bridgehead atoms. The second-order valence-electron chi connectivity index (χ2n) is 4.78. The molecule has 2 rings (SSSR count). The molecule has 0 aliphatic rings. The third-order valence-electron chi connectivity index (χ3n) is 3.07. The lowest BCUT2D eigenvalue weighted by Crippen LogP contribution is -2.21. The molecule has 1 aromatic carbocycles. The zero-order valence-corrected chi connectivity index (χ0v) is 12.5. The Kier molecular flexibility index (Phi) is 3.99. The number of amides is 1. The number of rotatable bonds is 3. The molecule has 0 saturated carbocycles. The second-order valence-corrected chi connectivity index (χ2v) is 5.16. The number of nitrogens with zero attached hydrogens (tertiary/aromatic N) is 2. The van der Waals surface area contributed by atoms with Crippen LogP contribution in [0.1, 0.15) is 17.0 Å². The van der Waals surface area contributed by atoms with E-state index in [9.17, 15) is 4.79 Å². The van der Waals surface area contributed by atoms with Crippen LogP contribution in [-0.2, 0) is 11.3 Å². The van der Waals surface area contributed by atoms with Crippen molar-refractivity contribution in [2.45, 2.75) is 27.3 Å². The van der Waals surface area contributed by atoms with Crippen molar-refractivity contribution in [3.05, 3.63) is 40.2 Å². The lowest BCUT2D eigenvalue weighted by atomic mass is 10.2. The lowest BCUT2D eigenvalue weighted by molar-refractivity contribution is -0.116. The number of aryl methyl sites for hydroxylation is 2. The first-order valence-electron chi connectivity index (χ1n) is 6.24. The van der Waals surface area contributed by atoms with E-state index in [0.717, 1.165) is 11.3 Å². The molecule has 20 heavy (non-hydrogen) atoms. The van der Waals surface area contributed by atoms with Crippen LogP contribution < -0.4 is 11.1 Å². The molecule has 0 radical (unpaired) electrons. The van der Waals surface area contributed by atoms with Gasteiger partial charge in [0.05, 0.1) is 27.8 Å². The summed E-state index contributed by atoms with van der Waals surface area (Å²) in [6, 6.07) is 5.50. The quantitative estimate of drug-likeness (QED) is 0.854. The molecule has 0 unspecified atom stereocenters. The second kappa shape index (κ2) is 5.54. The van der Waals surface area contributed by atoms with Gasteiger partial charge in [-0.3, -0.25) is 9.48 Å². The number of carbonyl (C=O) groups excluding carboxylic acids is 1. The van der Waals surface area contributed by atoms with Gasteiger partial charge in [0.1, 0.15) is 6.54 Å². The predicted molar refractivity (Wildman–Crippen MR) is 80.9 cm³/mol. The van der Waals surface area contributed by atoms with Gasteiger partial charge in [0.2, 0.25) is 5.91 Å². The first-order valence-corrected chi connectivity index (χ1v) is 6.61. The average molecular weight is 293 g/mol. The molecule has 0 spiro atoms. The molecular formula is C14H17ClN4O. The molecule has 0 saturated heterocycles. The van der Waals surface area contributed by atoms with Crippen molar-refractivity contribution in [1.29, 1.82) is 0 Å². The molecule has 6 heteroatoms. The molecule has 0 fully saturated rings. The number of hydrogen-bond donors (Lipinski definition) is 2. The summed E-state index contributed by atoms with van der Waals surface area (Å²) < 4.78 is 1.58. The number of benzene rings is 1. The maximum Gasteiger partial charge on any atom is 0.246 e. The van der Waals surface area contributed by atoms with Crippen LogP contribution in [0.4, 0.5) is 11.4 Å². The van der Waals surface area contributed by atoms with Crippen molar-refractivity contribution < 1.29 is 4.79 Å². The number of anilines is 2. The fourth-order valence-electron chi connectivity index (χ4n) is 1.95. The normalized spacial score (nSPS) is 10.6. The van der Waals surface area contributed by atoms with Crippen LogP contribution in [0.2, 0.25) is 5.02 Å². The molecule has 106 valence electrons. The monoisotopic (exact) mass is 292 g/mol. The van der Waals surface area contributed by atoms with Gasteiger partial charge in [0.15, 0.2) is 0 Å². The van der Waals surface area contributed by atoms with E-state index in [0.29, 0.717) is 22.1 Å². The third-order valence-corrected chi connectivity index (χ3v) is 3.61. The molecule has 0 aliphatic carbocycles. The van der Waals surface area contributed by atoms with Gasteiger partial charge >= 0.3 is 0 Å². The minimum absolute atomic E-state index is 0.104. The molecule has 1 aromatic heterocycles. The maximum absolute atomic E-state index is 12.0. The highest BCUT2D eigenvalue weighted by Crippen LogP contribution is 2.21. The molecule has 1 heterocycles. The van der Waals surface area contributed by atoms with E-state index >= 15 is 0 Å². The Morgan fingerprint density at radius 2 is 2.10 bits per heavy atom. The van der Waals surface area contributed by atoms with Crippen LogP contribution in [0.3, 0.4) is 0 Å². The van der Waals surface area contributed by atoms with Crippen molar-refractivity contribution in [1.82, 2.24) is 9.78 Å². The zero-order valence-electron chi connectivity index (χ0n) is 11.7. The largest absolute Gasteiger partial charge is 0.397 e. The lowest BCUT2D eigenvalue weighted by Gasteiger charge is -2.09. The summed E-state index contributed by atoms with van der Waals surface area (Å²) in [7, 11) is 0. The summed E-state index contributed by atoms with van der Waals surface area (Å²) in [5.41, 5.74) is 9.55. The van der Waals surface area contributed by atoms with Crippen molar-refractivity contribution >= 4 is 28.9 Å². The summed E-state index contributed by atoms with van der Waals surface area (Å²) in [4.78, 5) is 12.0. The molecule has 5 nitrogen and oxygen atoms in total. The standard InChI is InChI=1S/C14H17ClN4O/c1-8-4-5-12(11(16)6-8)17-13(20)7-19-10(3)14(15)9(2)18-19/h4-6H,7,16H2,1-3H3,(H,17,20). The van der Waals surface area contributed by atoms with Crippen LogP contribution in [0.5, 0.6) is 0 Å². The Hall–Kier alpha value is -2.01. The van der Waals surface area contributed by atoms with Crippen molar-refractivity contribution in [3.8, 4) is 0 Å². The molecule has 3 N–H and O–H groups in total. The van der Waals surface area contributed by atoms with Crippen LogP contribution in [0.15, 0.2) is 18.2 Å². The van der Waals surface area contributed by atoms with Gasteiger partial charge in [-0.2, -0.15) is 5.10 Å². The Bertz CT molecular complexity index is 663. The number of aromatic nitrogens is 2. The van der Waals surface area contributed by atoms with Gasteiger partial charge in [-0.1, -0.05) is 17.7 Å². The van der Waals surface area contributed by atoms with Gasteiger partial charge in [0.25, 0.3) is 0 Å². The number of halogens is 1. The number of nitrogens with one attached hydrogen (secondary N) is 1. The van der Waals surface area contributed by atoms with Crippen molar-refractivity contribution in [2.75, 3.05) is 11.1 Å². The van der Waals surface area contributed by atoms with Crippen LogP contribution in [-0.4, -0.2) is 15.7 Å². The number of hydrogen-bond acceptors (Lipinski definition) is 3. The number of nitrogens with two attached hydrogens (primary N) is 1. The summed E-state index contributed by atoms with van der Waals surface area (Å²) in [6.45, 7) is 5.68. The first kappa shape index (κ1) is 14.4. The van der Waals surface area contributed by atoms with Crippen LogP contribution in [0, 0.1) is 20.8 Å². The third kappa shape index (κ3) is 2.93. The maximum atomic E-state index is 12.0. The predicted octanol–water partition coefficient (Wildman–Crippen LogP) is 2.68. The van der Waals surface area contributed by atoms with Gasteiger partial charge in [0, 0.05) is 0 Å². The van der Waals surface area contributed by atoms with Gasteiger partial charge in [-0.25, -0.2) is 0 Å². The van der Waals surface area contributed by atoms with Gasteiger partial charge < -0.3 is 11.1 Å². The average Bonchev–Trinajstić information content (AvgIpc) is 2.61. The fourth-order valence-corrected chi connectivity index (χ4v) is 2.09. The van der Waals surface area contributed by atoms with Crippen LogP contribution >= 0.6 is 11.6 Å². The number of carbonyl (C=O) groups is 1. The topological polar surface area (TPSA) is 72.9 Å². The van der Waals surface area contributed by atoms with E-state index in [4.69, 9.17) is 17.3 Å².